The highest BCUT2D eigenvalue weighted by Crippen LogP contribution is 2.25. The van der Waals surface area contributed by atoms with E-state index >= 15 is 0 Å². The van der Waals surface area contributed by atoms with Gasteiger partial charge in [0.15, 0.2) is 5.11 Å². The lowest BCUT2D eigenvalue weighted by molar-refractivity contribution is -0.128. The van der Waals surface area contributed by atoms with Crippen LogP contribution in [0.3, 0.4) is 0 Å². The van der Waals surface area contributed by atoms with Gasteiger partial charge in [-0.05, 0) is 73.8 Å². The molecule has 38 heavy (non-hydrogen) atoms. The van der Waals surface area contributed by atoms with E-state index in [0.29, 0.717) is 30.8 Å². The molecular formula is C31H37N3O3S. The van der Waals surface area contributed by atoms with E-state index in [9.17, 15) is 9.59 Å². The third-order valence-electron chi connectivity index (χ3n) is 6.40. The average molecular weight is 532 g/mol. The van der Waals surface area contributed by atoms with Crippen LogP contribution in [0.25, 0.3) is 0 Å². The number of para-hydroxylation sites is 1. The number of hydrogen-bond donors (Lipinski definition) is 2. The van der Waals surface area contributed by atoms with Gasteiger partial charge in [0.05, 0.1) is 17.9 Å². The van der Waals surface area contributed by atoms with Crippen molar-refractivity contribution >= 4 is 34.8 Å². The number of nitrogens with one attached hydrogen (secondary N) is 2. The van der Waals surface area contributed by atoms with E-state index in [-0.39, 0.29) is 16.9 Å². The molecule has 3 aromatic carbocycles. The van der Waals surface area contributed by atoms with E-state index < -0.39 is 5.41 Å². The molecule has 3 aromatic rings. The Morgan fingerprint density at radius 2 is 1.66 bits per heavy atom. The molecule has 0 bridgehead atoms. The zero-order valence-corrected chi connectivity index (χ0v) is 23.7. The van der Waals surface area contributed by atoms with Crippen LogP contribution in [0.4, 0.5) is 5.69 Å². The van der Waals surface area contributed by atoms with Crippen molar-refractivity contribution in [2.75, 3.05) is 19.0 Å². The van der Waals surface area contributed by atoms with Gasteiger partial charge in [0, 0.05) is 19.0 Å². The van der Waals surface area contributed by atoms with Crippen molar-refractivity contribution in [1.29, 1.82) is 0 Å². The van der Waals surface area contributed by atoms with Gasteiger partial charge in [-0.1, -0.05) is 68.4 Å². The molecular weight excluding hydrogens is 494 g/mol. The lowest BCUT2D eigenvalue weighted by atomic mass is 9.87. The minimum Gasteiger partial charge on any atom is -0.493 e. The van der Waals surface area contributed by atoms with Crippen LogP contribution in [0.5, 0.6) is 5.75 Å². The van der Waals surface area contributed by atoms with Crippen molar-refractivity contribution in [3.05, 3.63) is 95.1 Å². The molecule has 0 aromatic heterocycles. The number of nitrogens with zero attached hydrogens (tertiary/aromatic N) is 1. The van der Waals surface area contributed by atoms with Gasteiger partial charge in [0.25, 0.3) is 5.91 Å². The fourth-order valence-corrected chi connectivity index (χ4v) is 4.21. The molecule has 0 heterocycles. The topological polar surface area (TPSA) is 70.7 Å². The van der Waals surface area contributed by atoms with Crippen molar-refractivity contribution in [1.82, 2.24) is 10.2 Å². The molecule has 0 aliphatic rings. The number of anilines is 1. The number of rotatable bonds is 10. The first-order chi connectivity index (χ1) is 18.1. The Labute approximate surface area is 231 Å². The molecule has 0 saturated heterocycles. The second kappa shape index (κ2) is 13.2. The van der Waals surface area contributed by atoms with Gasteiger partial charge >= 0.3 is 0 Å². The van der Waals surface area contributed by atoms with Gasteiger partial charge in [-0.25, -0.2) is 0 Å². The number of aryl methyl sites for hydroxylation is 2. The Hall–Kier alpha value is -3.71. The molecule has 6 nitrogen and oxygen atoms in total. The first kappa shape index (κ1) is 28.9. The van der Waals surface area contributed by atoms with Crippen molar-refractivity contribution in [2.45, 2.75) is 47.1 Å². The lowest BCUT2D eigenvalue weighted by Gasteiger charge is -2.24. The molecule has 0 aliphatic heterocycles. The van der Waals surface area contributed by atoms with Gasteiger partial charge in [-0.3, -0.25) is 9.59 Å². The molecule has 200 valence electrons. The molecule has 0 unspecified atom stereocenters. The van der Waals surface area contributed by atoms with E-state index in [1.54, 1.807) is 30.1 Å². The second-order valence-corrected chi connectivity index (χ2v) is 10.6. The summed E-state index contributed by atoms with van der Waals surface area (Å²) in [6.07, 6.45) is 1.35. The molecule has 0 saturated carbocycles. The van der Waals surface area contributed by atoms with Gasteiger partial charge in [-0.15, -0.1) is 0 Å². The van der Waals surface area contributed by atoms with Crippen LogP contribution in [-0.4, -0.2) is 35.5 Å². The molecule has 3 rings (SSSR count). The zero-order valence-electron chi connectivity index (χ0n) is 22.8. The lowest BCUT2D eigenvalue weighted by Crippen LogP contribution is -2.42. The highest BCUT2D eigenvalue weighted by atomic mass is 32.1. The van der Waals surface area contributed by atoms with Crippen LogP contribution >= 0.6 is 12.2 Å². The standard InChI is InChI=1S/C31H37N3O3S/c1-22-16-17-23(2)27(20-22)37-19-11-18-31(3,4)29(36)33-30(38)32-26-15-10-9-14-25(26)28(35)34(5)21-24-12-7-6-8-13-24/h6-10,12-17,20H,11,18-19,21H2,1-5H3,(H2,32,33,36,38). The summed E-state index contributed by atoms with van der Waals surface area (Å²) < 4.78 is 5.94. The number of benzene rings is 3. The van der Waals surface area contributed by atoms with Crippen LogP contribution in [-0.2, 0) is 11.3 Å². The number of hydrogen-bond acceptors (Lipinski definition) is 4. The normalized spacial score (nSPS) is 11.0. The molecule has 0 radical (unpaired) electrons. The molecule has 0 fully saturated rings. The summed E-state index contributed by atoms with van der Waals surface area (Å²) in [5.41, 5.74) is 3.65. The quantitative estimate of drug-likeness (QED) is 0.238. The van der Waals surface area contributed by atoms with Crippen LogP contribution in [0.1, 0.15) is 53.7 Å². The summed E-state index contributed by atoms with van der Waals surface area (Å²) in [5, 5.41) is 5.99. The number of ether oxygens (including phenoxy) is 1. The molecule has 0 spiro atoms. The third-order valence-corrected chi connectivity index (χ3v) is 6.61. The Morgan fingerprint density at radius 3 is 2.39 bits per heavy atom. The van der Waals surface area contributed by atoms with Crippen molar-refractivity contribution in [3.63, 3.8) is 0 Å². The highest BCUT2D eigenvalue weighted by molar-refractivity contribution is 7.80. The van der Waals surface area contributed by atoms with E-state index in [2.05, 4.69) is 16.7 Å². The number of carbonyl (C=O) groups excluding carboxylic acids is 2. The summed E-state index contributed by atoms with van der Waals surface area (Å²) in [5.74, 6) is 0.544. The van der Waals surface area contributed by atoms with Gasteiger partial charge < -0.3 is 20.3 Å². The van der Waals surface area contributed by atoms with Crippen molar-refractivity contribution in [2.24, 2.45) is 5.41 Å². The third kappa shape index (κ3) is 8.15. The van der Waals surface area contributed by atoms with Crippen LogP contribution in [0, 0.1) is 19.3 Å². The SMILES string of the molecule is Cc1ccc(C)c(OCCCC(C)(C)C(=O)NC(=S)Nc2ccccc2C(=O)N(C)Cc2ccccc2)c1. The molecule has 0 aliphatic carbocycles. The van der Waals surface area contributed by atoms with Crippen LogP contribution in [0.2, 0.25) is 0 Å². The van der Waals surface area contributed by atoms with E-state index in [0.717, 1.165) is 28.9 Å². The molecule has 0 atom stereocenters. The fourth-order valence-electron chi connectivity index (χ4n) is 4.01. The smallest absolute Gasteiger partial charge is 0.256 e. The number of amides is 2. The highest BCUT2D eigenvalue weighted by Gasteiger charge is 2.28. The fraction of sp³-hybridized carbons (Fsp3) is 0.323. The van der Waals surface area contributed by atoms with E-state index in [1.165, 1.54) is 0 Å². The predicted molar refractivity (Wildman–Crippen MR) is 157 cm³/mol. The van der Waals surface area contributed by atoms with Crippen molar-refractivity contribution in [3.8, 4) is 5.75 Å². The average Bonchev–Trinajstić information content (AvgIpc) is 2.89. The minimum atomic E-state index is -0.651. The van der Waals surface area contributed by atoms with E-state index in [1.807, 2.05) is 76.2 Å². The first-order valence-corrected chi connectivity index (χ1v) is 13.2. The summed E-state index contributed by atoms with van der Waals surface area (Å²) in [4.78, 5) is 27.8. The maximum Gasteiger partial charge on any atom is 0.256 e. The molecule has 7 heteroatoms. The number of thiocarbonyl (C=S) groups is 1. The maximum absolute atomic E-state index is 13.2. The Balaban J connectivity index is 1.53. The zero-order chi connectivity index (χ0) is 27.7. The van der Waals surface area contributed by atoms with Crippen molar-refractivity contribution < 1.29 is 14.3 Å². The largest absolute Gasteiger partial charge is 0.493 e. The second-order valence-electron chi connectivity index (χ2n) is 10.2. The summed E-state index contributed by atoms with van der Waals surface area (Å²) >= 11 is 5.43. The maximum atomic E-state index is 13.2. The monoisotopic (exact) mass is 531 g/mol. The molecule has 2 N–H and O–H groups in total. The Morgan fingerprint density at radius 1 is 0.974 bits per heavy atom. The minimum absolute atomic E-state index is 0.143. The number of carbonyl (C=O) groups is 2. The van der Waals surface area contributed by atoms with E-state index in [4.69, 9.17) is 17.0 Å². The Kier molecular flexibility index (Phi) is 10.0. The summed E-state index contributed by atoms with van der Waals surface area (Å²) in [6.45, 7) is 8.84. The van der Waals surface area contributed by atoms with Gasteiger partial charge in [0.1, 0.15) is 5.75 Å². The molecule has 2 amide bonds. The predicted octanol–water partition coefficient (Wildman–Crippen LogP) is 6.27. The van der Waals surface area contributed by atoms with Crippen LogP contribution < -0.4 is 15.4 Å². The van der Waals surface area contributed by atoms with Crippen LogP contribution in [0.15, 0.2) is 72.8 Å². The Bertz CT molecular complexity index is 1270. The van der Waals surface area contributed by atoms with Gasteiger partial charge in [0.2, 0.25) is 5.91 Å². The first-order valence-electron chi connectivity index (χ1n) is 12.8. The summed E-state index contributed by atoms with van der Waals surface area (Å²) in [7, 11) is 1.76. The van der Waals surface area contributed by atoms with Gasteiger partial charge in [-0.2, -0.15) is 0 Å². The summed E-state index contributed by atoms with van der Waals surface area (Å²) in [6, 6.07) is 23.1.